The average Bonchev–Trinajstić information content (AvgIpc) is 2.36. The van der Waals surface area contributed by atoms with Crippen LogP contribution in [0.1, 0.15) is 41.0 Å². The van der Waals surface area contributed by atoms with E-state index in [9.17, 15) is 0 Å². The van der Waals surface area contributed by atoms with Crippen molar-refractivity contribution in [1.29, 1.82) is 0 Å². The van der Waals surface area contributed by atoms with Crippen molar-refractivity contribution in [1.82, 2.24) is 9.80 Å². The molecule has 0 unspecified atom stereocenters. The second kappa shape index (κ2) is 8.20. The molecule has 0 spiro atoms. The Kier molecular flexibility index (Phi) is 7.29. The molecule has 1 saturated heterocycles. The van der Waals surface area contributed by atoms with Gasteiger partial charge in [-0.2, -0.15) is 0 Å². The summed E-state index contributed by atoms with van der Waals surface area (Å²) < 4.78 is 11.9. The zero-order chi connectivity index (χ0) is 14.3. The van der Waals surface area contributed by atoms with E-state index in [-0.39, 0.29) is 11.7 Å². The average molecular weight is 272 g/mol. The van der Waals surface area contributed by atoms with Gasteiger partial charge in [0.1, 0.15) is 6.73 Å². The van der Waals surface area contributed by atoms with Gasteiger partial charge in [0.25, 0.3) is 0 Å². The molecule has 0 bridgehead atoms. The van der Waals surface area contributed by atoms with Gasteiger partial charge in [-0.25, -0.2) is 0 Å². The summed E-state index contributed by atoms with van der Waals surface area (Å²) in [7, 11) is 0. The molecule has 1 heterocycles. The van der Waals surface area contributed by atoms with Crippen LogP contribution in [0.15, 0.2) is 0 Å². The predicted octanol–water partition coefficient (Wildman–Crippen LogP) is 2.40. The monoisotopic (exact) mass is 272 g/mol. The molecule has 0 aromatic carbocycles. The van der Waals surface area contributed by atoms with Gasteiger partial charge in [-0.1, -0.05) is 34.6 Å². The van der Waals surface area contributed by atoms with Gasteiger partial charge < -0.3 is 14.4 Å². The first-order chi connectivity index (χ1) is 9.03. The van der Waals surface area contributed by atoms with E-state index >= 15 is 0 Å². The van der Waals surface area contributed by atoms with Gasteiger partial charge in [-0.15, -0.1) is 0 Å². The Hall–Kier alpha value is -0.160. The van der Waals surface area contributed by atoms with E-state index in [2.05, 4.69) is 44.4 Å². The van der Waals surface area contributed by atoms with E-state index in [1.165, 1.54) is 6.42 Å². The minimum Gasteiger partial charge on any atom is -0.351 e. The quantitative estimate of drug-likeness (QED) is 0.677. The number of hydrogen-bond donors (Lipinski definition) is 0. The maximum Gasteiger partial charge on any atom is 0.165 e. The first-order valence-electron chi connectivity index (χ1n) is 7.71. The van der Waals surface area contributed by atoms with Crippen LogP contribution in [0.2, 0.25) is 0 Å². The molecule has 1 fully saturated rings. The van der Waals surface area contributed by atoms with Gasteiger partial charge in [0.05, 0.1) is 6.61 Å². The van der Waals surface area contributed by atoms with Crippen LogP contribution >= 0.6 is 0 Å². The largest absolute Gasteiger partial charge is 0.351 e. The van der Waals surface area contributed by atoms with Crippen molar-refractivity contribution in [2.45, 2.75) is 47.3 Å². The zero-order valence-electron chi connectivity index (χ0n) is 13.4. The number of hydrogen-bond acceptors (Lipinski definition) is 4. The molecule has 0 saturated carbocycles. The molecule has 4 nitrogen and oxygen atoms in total. The highest BCUT2D eigenvalue weighted by molar-refractivity contribution is 4.80. The fourth-order valence-corrected chi connectivity index (χ4v) is 2.66. The van der Waals surface area contributed by atoms with Crippen molar-refractivity contribution < 1.29 is 9.47 Å². The first-order valence-corrected chi connectivity index (χ1v) is 7.71. The summed E-state index contributed by atoms with van der Waals surface area (Å²) in [4.78, 5) is 4.74. The molecule has 1 aliphatic heterocycles. The molecule has 1 atom stereocenters. The second-order valence-electron chi connectivity index (χ2n) is 6.07. The molecule has 4 heteroatoms. The lowest BCUT2D eigenvalue weighted by Crippen LogP contribution is -2.51. The maximum absolute atomic E-state index is 5.97. The molecule has 0 amide bonds. The van der Waals surface area contributed by atoms with Crippen LogP contribution in [0.25, 0.3) is 0 Å². The van der Waals surface area contributed by atoms with Crippen LogP contribution in [-0.4, -0.2) is 62.2 Å². The van der Waals surface area contributed by atoms with Crippen molar-refractivity contribution in [2.75, 3.05) is 46.1 Å². The maximum atomic E-state index is 5.97. The minimum absolute atomic E-state index is 0.0662. The third-order valence-corrected chi connectivity index (χ3v) is 3.79. The normalized spacial score (nSPS) is 24.0. The highest BCUT2D eigenvalue weighted by Crippen LogP contribution is 2.29. The SMILES string of the molecule is CCCN1CO[C@H](OCCN(CC)CC)C(C)(C)C1. The summed E-state index contributed by atoms with van der Waals surface area (Å²) in [5.74, 6) is 0. The van der Waals surface area contributed by atoms with Gasteiger partial charge in [-0.3, -0.25) is 4.90 Å². The number of likely N-dealkylation sites (N-methyl/N-ethyl adjacent to an activating group) is 1. The highest BCUT2D eigenvalue weighted by atomic mass is 16.7. The van der Waals surface area contributed by atoms with E-state index < -0.39 is 0 Å². The van der Waals surface area contributed by atoms with Gasteiger partial charge in [0.2, 0.25) is 0 Å². The molecular weight excluding hydrogens is 240 g/mol. The van der Waals surface area contributed by atoms with Gasteiger partial charge in [0, 0.05) is 25.0 Å². The summed E-state index contributed by atoms with van der Waals surface area (Å²) in [5, 5.41) is 0. The lowest BCUT2D eigenvalue weighted by molar-refractivity contribution is -0.254. The third kappa shape index (κ3) is 5.38. The van der Waals surface area contributed by atoms with E-state index in [1.54, 1.807) is 0 Å². The molecule has 0 aliphatic carbocycles. The molecule has 1 aliphatic rings. The smallest absolute Gasteiger partial charge is 0.165 e. The van der Waals surface area contributed by atoms with Crippen LogP contribution in [0, 0.1) is 5.41 Å². The third-order valence-electron chi connectivity index (χ3n) is 3.79. The fraction of sp³-hybridized carbons (Fsp3) is 1.00. The van der Waals surface area contributed by atoms with Gasteiger partial charge >= 0.3 is 0 Å². The predicted molar refractivity (Wildman–Crippen MR) is 79.1 cm³/mol. The molecular formula is C15H32N2O2. The fourth-order valence-electron chi connectivity index (χ4n) is 2.66. The van der Waals surface area contributed by atoms with Crippen LogP contribution in [-0.2, 0) is 9.47 Å². The van der Waals surface area contributed by atoms with Crippen LogP contribution < -0.4 is 0 Å². The lowest BCUT2D eigenvalue weighted by atomic mass is 9.90. The van der Waals surface area contributed by atoms with Crippen LogP contribution in [0.3, 0.4) is 0 Å². The Bertz CT molecular complexity index is 242. The summed E-state index contributed by atoms with van der Waals surface area (Å²) in [6.07, 6.45) is 1.10. The van der Waals surface area contributed by atoms with Crippen molar-refractivity contribution in [3.8, 4) is 0 Å². The molecule has 0 aromatic heterocycles. The Labute approximate surface area is 119 Å². The topological polar surface area (TPSA) is 24.9 Å². The summed E-state index contributed by atoms with van der Waals surface area (Å²) in [6, 6.07) is 0. The number of ether oxygens (including phenoxy) is 2. The Morgan fingerprint density at radius 3 is 2.47 bits per heavy atom. The molecule has 114 valence electrons. The van der Waals surface area contributed by atoms with Crippen LogP contribution in [0.5, 0.6) is 0 Å². The van der Waals surface area contributed by atoms with E-state index in [0.717, 1.165) is 39.3 Å². The minimum atomic E-state index is -0.0730. The molecule has 0 radical (unpaired) electrons. The summed E-state index contributed by atoms with van der Waals surface area (Å²) in [5.41, 5.74) is 0.0662. The van der Waals surface area contributed by atoms with Crippen molar-refractivity contribution >= 4 is 0 Å². The van der Waals surface area contributed by atoms with E-state index in [4.69, 9.17) is 9.47 Å². The van der Waals surface area contributed by atoms with E-state index in [0.29, 0.717) is 6.73 Å². The Morgan fingerprint density at radius 2 is 1.95 bits per heavy atom. The Balaban J connectivity index is 2.34. The Morgan fingerprint density at radius 1 is 1.26 bits per heavy atom. The zero-order valence-corrected chi connectivity index (χ0v) is 13.4. The van der Waals surface area contributed by atoms with Crippen molar-refractivity contribution in [2.24, 2.45) is 5.41 Å². The summed E-state index contributed by atoms with van der Waals surface area (Å²) in [6.45, 7) is 17.8. The molecule has 0 aromatic rings. The number of nitrogens with zero attached hydrogens (tertiary/aromatic N) is 2. The van der Waals surface area contributed by atoms with E-state index in [1.807, 2.05) is 0 Å². The van der Waals surface area contributed by atoms with Crippen molar-refractivity contribution in [3.05, 3.63) is 0 Å². The highest BCUT2D eigenvalue weighted by Gasteiger charge is 2.37. The van der Waals surface area contributed by atoms with Crippen molar-refractivity contribution in [3.63, 3.8) is 0 Å². The second-order valence-corrected chi connectivity index (χ2v) is 6.07. The summed E-state index contributed by atoms with van der Waals surface area (Å²) >= 11 is 0. The first kappa shape index (κ1) is 16.9. The van der Waals surface area contributed by atoms with Gasteiger partial charge in [0.15, 0.2) is 6.29 Å². The standard InChI is InChI=1S/C15H32N2O2/c1-6-9-17-12-15(4,5)14(19-13-17)18-11-10-16(7-2)8-3/h14H,6-13H2,1-5H3/t14-/m0/s1. The number of rotatable bonds is 8. The van der Waals surface area contributed by atoms with Crippen LogP contribution in [0.4, 0.5) is 0 Å². The lowest BCUT2D eigenvalue weighted by Gasteiger charge is -2.43. The molecule has 0 N–H and O–H groups in total. The molecule has 1 rings (SSSR count). The van der Waals surface area contributed by atoms with Gasteiger partial charge in [-0.05, 0) is 19.5 Å². The molecule has 19 heavy (non-hydrogen) atoms.